The topological polar surface area (TPSA) is 75.7 Å². The number of fused-ring (bicyclic) bond motifs is 3. The van der Waals surface area contributed by atoms with Gasteiger partial charge < -0.3 is 10.1 Å². The molecule has 1 fully saturated rings. The summed E-state index contributed by atoms with van der Waals surface area (Å²) in [6.45, 7) is 1.22. The van der Waals surface area contributed by atoms with E-state index in [0.29, 0.717) is 35.8 Å². The highest BCUT2D eigenvalue weighted by Gasteiger charge is 2.39. The smallest absolute Gasteiger partial charge is 0.241 e. The lowest BCUT2D eigenvalue weighted by Crippen LogP contribution is -2.39. The number of rotatable bonds is 3. The number of hydrogen-bond donors (Lipinski definition) is 1. The molecule has 2 aliphatic heterocycles. The molecule has 0 radical (unpaired) electrons. The minimum atomic E-state index is -3.21. The van der Waals surface area contributed by atoms with Gasteiger partial charge in [0.25, 0.3) is 0 Å². The van der Waals surface area contributed by atoms with Crippen molar-refractivity contribution in [3.8, 4) is 5.75 Å². The van der Waals surface area contributed by atoms with Crippen LogP contribution in [-0.4, -0.2) is 44.2 Å². The molecule has 4 rings (SSSR count). The minimum absolute atomic E-state index is 0.0315. The molecule has 2 heterocycles. The van der Waals surface area contributed by atoms with Crippen LogP contribution in [0.15, 0.2) is 53.4 Å². The lowest BCUT2D eigenvalue weighted by Gasteiger charge is -2.23. The Morgan fingerprint density at radius 1 is 1.15 bits per heavy atom. The van der Waals surface area contributed by atoms with Crippen LogP contribution in [-0.2, 0) is 21.2 Å². The van der Waals surface area contributed by atoms with Crippen molar-refractivity contribution in [1.82, 2.24) is 4.90 Å². The molecule has 26 heavy (non-hydrogen) atoms. The van der Waals surface area contributed by atoms with E-state index in [2.05, 4.69) is 10.2 Å². The van der Waals surface area contributed by atoms with Crippen molar-refractivity contribution >= 4 is 21.4 Å². The molecule has 2 atom stereocenters. The fourth-order valence-electron chi connectivity index (χ4n) is 3.54. The Hall–Kier alpha value is -2.38. The first-order valence-corrected chi connectivity index (χ1v) is 10.4. The molecular weight excluding hydrogens is 352 g/mol. The number of nitrogens with one attached hydrogen (secondary N) is 1. The molecule has 2 bridgehead atoms. The summed E-state index contributed by atoms with van der Waals surface area (Å²) >= 11 is 0. The molecule has 0 saturated carbocycles. The standard InChI is InChI=1S/C19H20N2O4S/c1-26(23,24)15-8-6-13(7-9-15)11-21-12-14-10-17(21)19(22)20-16-4-2-3-5-18(16)25-14/h2-9,14,17H,10-12H2,1H3,(H,20,22)/t14-,17-/m0/s1. The number of nitrogens with zero attached hydrogens (tertiary/aromatic N) is 1. The molecule has 0 aromatic heterocycles. The van der Waals surface area contributed by atoms with Gasteiger partial charge in [0.15, 0.2) is 9.84 Å². The SMILES string of the molecule is CS(=O)(=O)c1ccc(CN2C[C@@H]3C[C@H]2C(=O)Nc2ccccc2O3)cc1. The Labute approximate surface area is 152 Å². The molecule has 2 aliphatic rings. The van der Waals surface area contributed by atoms with Crippen molar-refractivity contribution in [3.05, 3.63) is 54.1 Å². The molecule has 0 unspecified atom stereocenters. The average molecular weight is 372 g/mol. The fourth-order valence-corrected chi connectivity index (χ4v) is 4.17. The summed E-state index contributed by atoms with van der Waals surface area (Å²) in [7, 11) is -3.21. The van der Waals surface area contributed by atoms with Crippen LogP contribution >= 0.6 is 0 Å². The number of sulfone groups is 1. The molecule has 6 nitrogen and oxygen atoms in total. The Kier molecular flexibility index (Phi) is 4.20. The lowest BCUT2D eigenvalue weighted by atomic mass is 10.1. The predicted octanol–water partition coefficient (Wildman–Crippen LogP) is 2.06. The van der Waals surface area contributed by atoms with E-state index in [1.807, 2.05) is 24.3 Å². The van der Waals surface area contributed by atoms with Crippen molar-refractivity contribution < 1.29 is 17.9 Å². The first-order valence-electron chi connectivity index (χ1n) is 8.50. The van der Waals surface area contributed by atoms with Crippen LogP contribution in [0.5, 0.6) is 5.75 Å². The van der Waals surface area contributed by atoms with E-state index in [1.165, 1.54) is 6.26 Å². The molecule has 2 aromatic carbocycles. The summed E-state index contributed by atoms with van der Waals surface area (Å²) in [5, 5.41) is 2.95. The van der Waals surface area contributed by atoms with Gasteiger partial charge in [0.1, 0.15) is 11.9 Å². The maximum atomic E-state index is 12.7. The highest BCUT2D eigenvalue weighted by molar-refractivity contribution is 7.90. The molecule has 0 aliphatic carbocycles. The average Bonchev–Trinajstić information content (AvgIpc) is 2.99. The summed E-state index contributed by atoms with van der Waals surface area (Å²) in [4.78, 5) is 15.1. The minimum Gasteiger partial charge on any atom is -0.487 e. The zero-order chi connectivity index (χ0) is 18.3. The van der Waals surface area contributed by atoms with Crippen molar-refractivity contribution in [3.63, 3.8) is 0 Å². The van der Waals surface area contributed by atoms with Gasteiger partial charge in [0, 0.05) is 25.8 Å². The van der Waals surface area contributed by atoms with Crippen LogP contribution in [0.1, 0.15) is 12.0 Å². The maximum absolute atomic E-state index is 12.7. The highest BCUT2D eigenvalue weighted by atomic mass is 32.2. The van der Waals surface area contributed by atoms with Gasteiger partial charge in [-0.05, 0) is 29.8 Å². The third-order valence-corrected chi connectivity index (χ3v) is 5.97. The molecule has 7 heteroatoms. The van der Waals surface area contributed by atoms with Gasteiger partial charge in [0.2, 0.25) is 5.91 Å². The van der Waals surface area contributed by atoms with Crippen LogP contribution < -0.4 is 10.1 Å². The second-order valence-corrected chi connectivity index (χ2v) is 8.84. The Balaban J connectivity index is 1.54. The zero-order valence-electron chi connectivity index (χ0n) is 14.4. The summed E-state index contributed by atoms with van der Waals surface area (Å²) in [6.07, 6.45) is 1.79. The van der Waals surface area contributed by atoms with Gasteiger partial charge in [-0.2, -0.15) is 0 Å². The molecule has 2 aromatic rings. The third-order valence-electron chi connectivity index (χ3n) is 4.84. The molecular formula is C19H20N2O4S. The number of carbonyl (C=O) groups excluding carboxylic acids is 1. The number of likely N-dealkylation sites (tertiary alicyclic amines) is 1. The van der Waals surface area contributed by atoms with E-state index in [1.54, 1.807) is 24.3 Å². The van der Waals surface area contributed by atoms with Crippen LogP contribution in [0.25, 0.3) is 0 Å². The van der Waals surface area contributed by atoms with E-state index in [0.717, 1.165) is 5.56 Å². The Morgan fingerprint density at radius 3 is 2.62 bits per heavy atom. The van der Waals surface area contributed by atoms with Gasteiger partial charge in [-0.1, -0.05) is 24.3 Å². The first kappa shape index (κ1) is 17.1. The Bertz CT molecular complexity index is 940. The van der Waals surface area contributed by atoms with Crippen LogP contribution in [0.3, 0.4) is 0 Å². The number of amides is 1. The number of benzene rings is 2. The summed E-state index contributed by atoms with van der Waals surface area (Å²) in [5.41, 5.74) is 1.67. The van der Waals surface area contributed by atoms with Crippen molar-refractivity contribution in [2.24, 2.45) is 0 Å². The van der Waals surface area contributed by atoms with Gasteiger partial charge in [-0.15, -0.1) is 0 Å². The summed E-state index contributed by atoms with van der Waals surface area (Å²) in [5.74, 6) is 0.666. The molecule has 1 saturated heterocycles. The van der Waals surface area contributed by atoms with Crippen molar-refractivity contribution in [1.29, 1.82) is 0 Å². The largest absolute Gasteiger partial charge is 0.487 e. The summed E-state index contributed by atoms with van der Waals surface area (Å²) < 4.78 is 29.2. The van der Waals surface area contributed by atoms with E-state index < -0.39 is 9.84 Å². The highest BCUT2D eigenvalue weighted by Crippen LogP contribution is 2.33. The van der Waals surface area contributed by atoms with E-state index >= 15 is 0 Å². The zero-order valence-corrected chi connectivity index (χ0v) is 15.2. The number of anilines is 1. The summed E-state index contributed by atoms with van der Waals surface area (Å²) in [6, 6.07) is 14.0. The van der Waals surface area contributed by atoms with E-state index in [9.17, 15) is 13.2 Å². The van der Waals surface area contributed by atoms with Crippen LogP contribution in [0.2, 0.25) is 0 Å². The van der Waals surface area contributed by atoms with Gasteiger partial charge in [0.05, 0.1) is 16.6 Å². The third kappa shape index (κ3) is 3.32. The number of carbonyl (C=O) groups is 1. The first-order chi connectivity index (χ1) is 12.4. The van der Waals surface area contributed by atoms with Crippen LogP contribution in [0.4, 0.5) is 5.69 Å². The maximum Gasteiger partial charge on any atom is 0.241 e. The van der Waals surface area contributed by atoms with E-state index in [4.69, 9.17) is 4.74 Å². The fraction of sp³-hybridized carbons (Fsp3) is 0.316. The molecule has 136 valence electrons. The van der Waals surface area contributed by atoms with Crippen LogP contribution in [0, 0.1) is 0 Å². The number of ether oxygens (including phenoxy) is 1. The van der Waals surface area contributed by atoms with Gasteiger partial charge in [-0.25, -0.2) is 8.42 Å². The predicted molar refractivity (Wildman–Crippen MR) is 97.9 cm³/mol. The monoisotopic (exact) mass is 372 g/mol. The van der Waals surface area contributed by atoms with Crippen molar-refractivity contribution in [2.75, 3.05) is 18.1 Å². The van der Waals surface area contributed by atoms with Gasteiger partial charge in [-0.3, -0.25) is 9.69 Å². The van der Waals surface area contributed by atoms with Crippen molar-refractivity contribution in [2.45, 2.75) is 30.0 Å². The lowest BCUT2D eigenvalue weighted by molar-refractivity contribution is -0.120. The Morgan fingerprint density at radius 2 is 1.88 bits per heavy atom. The number of para-hydroxylation sites is 2. The second kappa shape index (κ2) is 6.41. The quantitative estimate of drug-likeness (QED) is 0.893. The second-order valence-electron chi connectivity index (χ2n) is 6.82. The van der Waals surface area contributed by atoms with Gasteiger partial charge >= 0.3 is 0 Å². The number of hydrogen-bond acceptors (Lipinski definition) is 5. The van der Waals surface area contributed by atoms with E-state index in [-0.39, 0.29) is 18.1 Å². The molecule has 1 amide bonds. The molecule has 1 N–H and O–H groups in total. The molecule has 0 spiro atoms. The normalized spacial score (nSPS) is 22.7.